The molecular formula is C12H5BrClF3N2O2. The number of rotatable bonds is 2. The van der Waals surface area contributed by atoms with Gasteiger partial charge in [-0.05, 0) is 28.1 Å². The predicted molar refractivity (Wildman–Crippen MR) is 73.6 cm³/mol. The van der Waals surface area contributed by atoms with Gasteiger partial charge in [0, 0.05) is 5.56 Å². The Hall–Kier alpha value is -1.80. The summed E-state index contributed by atoms with van der Waals surface area (Å²) in [6, 6.07) is 1.43. The Labute approximate surface area is 129 Å². The summed E-state index contributed by atoms with van der Waals surface area (Å²) in [6.45, 7) is 0. The van der Waals surface area contributed by atoms with Crippen molar-refractivity contribution in [2.75, 3.05) is 5.73 Å². The molecule has 1 heterocycles. The number of hydrogen-bond acceptors (Lipinski definition) is 3. The molecule has 2 aromatic rings. The van der Waals surface area contributed by atoms with Crippen molar-refractivity contribution in [1.82, 2.24) is 4.98 Å². The first-order chi connectivity index (χ1) is 9.73. The molecule has 1 aromatic carbocycles. The van der Waals surface area contributed by atoms with Crippen molar-refractivity contribution in [1.29, 1.82) is 0 Å². The minimum Gasteiger partial charge on any atom is -0.476 e. The number of halogens is 5. The molecule has 9 heteroatoms. The van der Waals surface area contributed by atoms with E-state index < -0.39 is 51.1 Å². The summed E-state index contributed by atoms with van der Waals surface area (Å²) in [6.07, 6.45) is 0. The van der Waals surface area contributed by atoms with Crippen molar-refractivity contribution in [3.05, 3.63) is 44.8 Å². The number of nitrogen functional groups attached to an aromatic ring is 1. The van der Waals surface area contributed by atoms with Crippen LogP contribution in [0.3, 0.4) is 0 Å². The molecule has 0 aliphatic rings. The zero-order valence-corrected chi connectivity index (χ0v) is 12.3. The Morgan fingerprint density at radius 3 is 2.48 bits per heavy atom. The van der Waals surface area contributed by atoms with Gasteiger partial charge in [-0.25, -0.2) is 22.9 Å². The van der Waals surface area contributed by atoms with Crippen molar-refractivity contribution in [2.24, 2.45) is 0 Å². The molecule has 0 aliphatic heterocycles. The van der Waals surface area contributed by atoms with Gasteiger partial charge in [-0.15, -0.1) is 0 Å². The van der Waals surface area contributed by atoms with Crippen LogP contribution in [0.4, 0.5) is 18.9 Å². The lowest BCUT2D eigenvalue weighted by atomic mass is 10.1. The summed E-state index contributed by atoms with van der Waals surface area (Å²) in [5.41, 5.74) is 2.57. The van der Waals surface area contributed by atoms with E-state index >= 15 is 0 Å². The van der Waals surface area contributed by atoms with Crippen LogP contribution in [0, 0.1) is 17.5 Å². The first-order valence-electron chi connectivity index (χ1n) is 5.26. The Morgan fingerprint density at radius 1 is 1.29 bits per heavy atom. The van der Waals surface area contributed by atoms with Crippen LogP contribution in [-0.2, 0) is 0 Å². The minimum absolute atomic E-state index is 0.176. The summed E-state index contributed by atoms with van der Waals surface area (Å²) in [7, 11) is 0. The van der Waals surface area contributed by atoms with Crippen molar-refractivity contribution in [3.8, 4) is 11.3 Å². The van der Waals surface area contributed by atoms with Gasteiger partial charge in [-0.2, -0.15) is 0 Å². The predicted octanol–water partition coefficient (Wildman–Crippen LogP) is 3.86. The lowest BCUT2D eigenvalue weighted by Crippen LogP contribution is -2.09. The monoisotopic (exact) mass is 380 g/mol. The number of carboxylic acid groups (broad SMARTS) is 1. The molecule has 0 aliphatic carbocycles. The number of hydrogen-bond donors (Lipinski definition) is 2. The van der Waals surface area contributed by atoms with Crippen molar-refractivity contribution < 1.29 is 23.1 Å². The summed E-state index contributed by atoms with van der Waals surface area (Å²) in [5, 5.41) is 8.31. The van der Waals surface area contributed by atoms with Crippen LogP contribution in [0.25, 0.3) is 11.3 Å². The highest BCUT2D eigenvalue weighted by Gasteiger charge is 2.24. The van der Waals surface area contributed by atoms with Gasteiger partial charge in [-0.3, -0.25) is 0 Å². The first-order valence-corrected chi connectivity index (χ1v) is 6.43. The molecular weight excluding hydrogens is 376 g/mol. The van der Waals surface area contributed by atoms with Crippen LogP contribution < -0.4 is 5.73 Å². The van der Waals surface area contributed by atoms with E-state index in [4.69, 9.17) is 22.4 Å². The molecule has 4 nitrogen and oxygen atoms in total. The molecule has 0 radical (unpaired) electrons. The van der Waals surface area contributed by atoms with Crippen molar-refractivity contribution in [3.63, 3.8) is 0 Å². The summed E-state index contributed by atoms with van der Waals surface area (Å²) >= 11 is 8.33. The zero-order chi connectivity index (χ0) is 15.9. The van der Waals surface area contributed by atoms with E-state index in [1.54, 1.807) is 0 Å². The van der Waals surface area contributed by atoms with E-state index in [9.17, 15) is 18.0 Å². The lowest BCUT2D eigenvalue weighted by Gasteiger charge is -2.10. The van der Waals surface area contributed by atoms with Gasteiger partial charge >= 0.3 is 5.97 Å². The third kappa shape index (κ3) is 2.68. The maximum absolute atomic E-state index is 14.0. The molecule has 21 heavy (non-hydrogen) atoms. The summed E-state index contributed by atoms with van der Waals surface area (Å²) in [4.78, 5) is 14.4. The van der Waals surface area contributed by atoms with Crippen molar-refractivity contribution >= 4 is 39.2 Å². The number of nitrogens with two attached hydrogens (primary N) is 1. The maximum Gasteiger partial charge on any atom is 0.356 e. The normalized spacial score (nSPS) is 10.7. The third-order valence-electron chi connectivity index (χ3n) is 2.58. The van der Waals surface area contributed by atoms with Crippen LogP contribution in [0.5, 0.6) is 0 Å². The van der Waals surface area contributed by atoms with Gasteiger partial charge in [0.15, 0.2) is 11.5 Å². The number of anilines is 1. The van der Waals surface area contributed by atoms with Crippen LogP contribution >= 0.6 is 27.5 Å². The highest BCUT2D eigenvalue weighted by Crippen LogP contribution is 2.34. The largest absolute Gasteiger partial charge is 0.476 e. The fourth-order valence-corrected chi connectivity index (χ4v) is 2.11. The number of pyridine rings is 1. The van der Waals surface area contributed by atoms with Gasteiger partial charge in [0.05, 0.1) is 15.2 Å². The quantitative estimate of drug-likeness (QED) is 0.775. The molecule has 0 bridgehead atoms. The lowest BCUT2D eigenvalue weighted by molar-refractivity contribution is 0.0691. The van der Waals surface area contributed by atoms with Crippen LogP contribution in [0.15, 0.2) is 16.6 Å². The van der Waals surface area contributed by atoms with E-state index in [-0.39, 0.29) is 4.47 Å². The summed E-state index contributed by atoms with van der Waals surface area (Å²) in [5.74, 6) is -4.69. The molecule has 110 valence electrons. The van der Waals surface area contributed by atoms with Crippen LogP contribution in [0.1, 0.15) is 10.5 Å². The number of nitrogens with zero attached hydrogens (tertiary/aromatic N) is 1. The third-order valence-corrected chi connectivity index (χ3v) is 3.57. The summed E-state index contributed by atoms with van der Waals surface area (Å²) < 4.78 is 41.2. The van der Waals surface area contributed by atoms with Gasteiger partial charge in [0.2, 0.25) is 0 Å². The molecule has 2 rings (SSSR count). The molecule has 0 fully saturated rings. The molecule has 0 amide bonds. The Balaban J connectivity index is 2.81. The molecule has 3 N–H and O–H groups in total. The fraction of sp³-hybridized carbons (Fsp3) is 0. The molecule has 0 saturated heterocycles. The average Bonchev–Trinajstić information content (AvgIpc) is 2.41. The van der Waals surface area contributed by atoms with Gasteiger partial charge in [-0.1, -0.05) is 11.6 Å². The highest BCUT2D eigenvalue weighted by molar-refractivity contribution is 9.10. The molecule has 0 unspecified atom stereocenters. The second-order valence-electron chi connectivity index (χ2n) is 3.90. The van der Waals surface area contributed by atoms with E-state index in [1.807, 2.05) is 0 Å². The molecule has 0 spiro atoms. The Bertz CT molecular complexity index is 771. The number of carboxylic acids is 1. The number of carbonyl (C=O) groups is 1. The second kappa shape index (κ2) is 5.53. The van der Waals surface area contributed by atoms with E-state index in [0.29, 0.717) is 6.07 Å². The Kier molecular flexibility index (Phi) is 4.11. The van der Waals surface area contributed by atoms with Crippen molar-refractivity contribution in [2.45, 2.75) is 0 Å². The second-order valence-corrected chi connectivity index (χ2v) is 5.13. The maximum atomic E-state index is 14.0. The number of aromatic nitrogens is 1. The molecule has 0 saturated carbocycles. The number of aromatic carboxylic acids is 1. The van der Waals surface area contributed by atoms with E-state index in [0.717, 1.165) is 6.07 Å². The topological polar surface area (TPSA) is 76.2 Å². The molecule has 1 aromatic heterocycles. The van der Waals surface area contributed by atoms with Crippen LogP contribution in [0.2, 0.25) is 5.02 Å². The smallest absolute Gasteiger partial charge is 0.356 e. The highest BCUT2D eigenvalue weighted by atomic mass is 79.9. The van der Waals surface area contributed by atoms with Gasteiger partial charge in [0.25, 0.3) is 0 Å². The SMILES string of the molecule is Nc1c(F)c(-c2cc(F)c(Br)cc2F)nc(C(=O)O)c1Cl. The standard InChI is InChI=1S/C12H5BrClF3N2O2/c13-4-2-5(15)3(1-6(4)16)10-8(17)9(18)7(14)11(19-10)12(20)21/h1-2H,(H2,18,19)(H,20,21). The zero-order valence-electron chi connectivity index (χ0n) is 9.92. The number of benzene rings is 1. The van der Waals surface area contributed by atoms with E-state index in [1.165, 1.54) is 0 Å². The van der Waals surface area contributed by atoms with Gasteiger partial charge < -0.3 is 10.8 Å². The average molecular weight is 382 g/mol. The molecule has 0 atom stereocenters. The fourth-order valence-electron chi connectivity index (χ4n) is 1.59. The minimum atomic E-state index is -1.58. The van der Waals surface area contributed by atoms with Gasteiger partial charge in [0.1, 0.15) is 17.3 Å². The van der Waals surface area contributed by atoms with Crippen LogP contribution in [-0.4, -0.2) is 16.1 Å². The van der Waals surface area contributed by atoms with E-state index in [2.05, 4.69) is 20.9 Å². The Morgan fingerprint density at radius 2 is 1.90 bits per heavy atom. The first kappa shape index (κ1) is 15.6.